The first-order valence-electron chi connectivity index (χ1n) is 3.45. The fourth-order valence-corrected chi connectivity index (χ4v) is 0.830. The fourth-order valence-electron chi connectivity index (χ4n) is 0.830. The van der Waals surface area contributed by atoms with Crippen molar-refractivity contribution in [3.63, 3.8) is 0 Å². The average molecular weight is 187 g/mol. The summed E-state index contributed by atoms with van der Waals surface area (Å²) in [5.74, 6) is 4.61. The molecule has 0 saturated heterocycles. The van der Waals surface area contributed by atoms with E-state index < -0.39 is 0 Å². The molecule has 1 heterocycles. The van der Waals surface area contributed by atoms with Crippen LogP contribution in [0.3, 0.4) is 0 Å². The molecule has 1 rings (SSSR count). The van der Waals surface area contributed by atoms with Crippen molar-refractivity contribution in [2.75, 3.05) is 14.2 Å². The molecular weight excluding hydrogens is 174 g/mol. The molecule has 0 unspecified atom stereocenters. The van der Waals surface area contributed by atoms with E-state index in [0.717, 1.165) is 5.56 Å². The quantitative estimate of drug-likeness (QED) is 0.640. The summed E-state index contributed by atoms with van der Waals surface area (Å²) < 4.78 is 9.91. The van der Waals surface area contributed by atoms with Gasteiger partial charge in [0.05, 0.1) is 19.8 Å². The van der Waals surface area contributed by atoms with Gasteiger partial charge in [0.15, 0.2) is 0 Å². The minimum absolute atomic E-state index is 0.553. The zero-order valence-corrected chi connectivity index (χ0v) is 7.81. The molecule has 6 heteroatoms. The molecule has 0 bridgehead atoms. The summed E-state index contributed by atoms with van der Waals surface area (Å²) in [6.45, 7) is 1.84. The topological polar surface area (TPSA) is 90.5 Å². The Morgan fingerprint density at radius 1 is 1.15 bits per heavy atom. The van der Waals surface area contributed by atoms with E-state index >= 15 is 0 Å². The van der Waals surface area contributed by atoms with E-state index in [2.05, 4.69) is 15.9 Å². The van der Waals surface area contributed by atoms with Crippen molar-refractivity contribution in [3.8, 4) is 11.8 Å². The van der Waals surface area contributed by atoms with Crippen molar-refractivity contribution in [1.82, 2.24) is 9.97 Å². The van der Waals surface area contributed by atoms with E-state index in [1.54, 1.807) is 14.2 Å². The summed E-state index contributed by atoms with van der Waals surface area (Å²) in [7, 11) is 3.13. The maximum Gasteiger partial charge on any atom is 0.222 e. The van der Waals surface area contributed by atoms with Crippen LogP contribution >= 0.6 is 0 Å². The SMILES string of the molecule is COc1ncnc(OC)c1C.NO. The number of methoxy groups -OCH3 is 2. The van der Waals surface area contributed by atoms with Gasteiger partial charge in [-0.1, -0.05) is 0 Å². The largest absolute Gasteiger partial charge is 0.481 e. The Hall–Kier alpha value is -1.40. The van der Waals surface area contributed by atoms with Crippen LogP contribution in [0.1, 0.15) is 5.56 Å². The van der Waals surface area contributed by atoms with Crippen molar-refractivity contribution >= 4 is 0 Å². The Balaban J connectivity index is 0.000000671. The maximum absolute atomic E-state index is 6.50. The van der Waals surface area contributed by atoms with Crippen LogP contribution in [-0.4, -0.2) is 29.4 Å². The maximum atomic E-state index is 6.50. The van der Waals surface area contributed by atoms with Gasteiger partial charge in [-0.15, -0.1) is 0 Å². The highest BCUT2D eigenvalue weighted by atomic mass is 16.5. The molecule has 0 radical (unpaired) electrons. The van der Waals surface area contributed by atoms with Gasteiger partial charge in [-0.05, 0) is 6.92 Å². The van der Waals surface area contributed by atoms with Gasteiger partial charge in [-0.2, -0.15) is 0 Å². The summed E-state index contributed by atoms with van der Waals surface area (Å²) >= 11 is 0. The average Bonchev–Trinajstić information content (AvgIpc) is 2.21. The minimum Gasteiger partial charge on any atom is -0.481 e. The number of nitrogens with two attached hydrogens (primary N) is 1. The molecule has 0 saturated carbocycles. The van der Waals surface area contributed by atoms with Crippen molar-refractivity contribution in [2.24, 2.45) is 5.90 Å². The van der Waals surface area contributed by atoms with Crippen LogP contribution in [0.15, 0.2) is 6.33 Å². The molecule has 1 aromatic rings. The first-order chi connectivity index (χ1) is 6.29. The zero-order chi connectivity index (χ0) is 10.3. The van der Waals surface area contributed by atoms with Gasteiger partial charge in [0.1, 0.15) is 6.33 Å². The summed E-state index contributed by atoms with van der Waals surface area (Å²) in [5.41, 5.74) is 0.817. The molecule has 0 aliphatic heterocycles. The molecule has 6 nitrogen and oxygen atoms in total. The molecule has 3 N–H and O–H groups in total. The predicted molar refractivity (Wildman–Crippen MR) is 45.8 cm³/mol. The lowest BCUT2D eigenvalue weighted by Gasteiger charge is -2.05. The summed E-state index contributed by atoms with van der Waals surface area (Å²) in [5, 5.41) is 6.50. The molecule has 13 heavy (non-hydrogen) atoms. The van der Waals surface area contributed by atoms with E-state index in [9.17, 15) is 0 Å². The van der Waals surface area contributed by atoms with E-state index in [4.69, 9.17) is 14.7 Å². The van der Waals surface area contributed by atoms with Crippen molar-refractivity contribution in [2.45, 2.75) is 6.92 Å². The Morgan fingerprint density at radius 2 is 1.54 bits per heavy atom. The van der Waals surface area contributed by atoms with Gasteiger partial charge in [0.25, 0.3) is 0 Å². The Kier molecular flexibility index (Phi) is 5.49. The second kappa shape index (κ2) is 6.15. The van der Waals surface area contributed by atoms with Crippen LogP contribution in [0.5, 0.6) is 11.8 Å². The first-order valence-corrected chi connectivity index (χ1v) is 3.45. The lowest BCUT2D eigenvalue weighted by atomic mass is 10.3. The Morgan fingerprint density at radius 3 is 1.85 bits per heavy atom. The van der Waals surface area contributed by atoms with Crippen LogP contribution < -0.4 is 15.4 Å². The second-order valence-electron chi connectivity index (χ2n) is 2.02. The van der Waals surface area contributed by atoms with Gasteiger partial charge in [0, 0.05) is 0 Å². The summed E-state index contributed by atoms with van der Waals surface area (Å²) in [6, 6.07) is 0. The van der Waals surface area contributed by atoms with E-state index in [-0.39, 0.29) is 0 Å². The van der Waals surface area contributed by atoms with Crippen LogP contribution in [-0.2, 0) is 0 Å². The Labute approximate surface area is 76.3 Å². The van der Waals surface area contributed by atoms with Gasteiger partial charge >= 0.3 is 0 Å². The number of rotatable bonds is 2. The molecule has 74 valence electrons. The number of ether oxygens (including phenoxy) is 2. The zero-order valence-electron chi connectivity index (χ0n) is 7.81. The normalized spacial score (nSPS) is 8.38. The van der Waals surface area contributed by atoms with E-state index in [0.29, 0.717) is 11.8 Å². The van der Waals surface area contributed by atoms with Crippen molar-refractivity contribution in [3.05, 3.63) is 11.9 Å². The molecular formula is C7H13N3O3. The van der Waals surface area contributed by atoms with Crippen LogP contribution in [0.25, 0.3) is 0 Å². The molecule has 0 amide bonds. The smallest absolute Gasteiger partial charge is 0.222 e. The van der Waals surface area contributed by atoms with Crippen LogP contribution in [0.2, 0.25) is 0 Å². The van der Waals surface area contributed by atoms with Crippen molar-refractivity contribution < 1.29 is 14.7 Å². The van der Waals surface area contributed by atoms with Crippen LogP contribution in [0.4, 0.5) is 0 Å². The monoisotopic (exact) mass is 187 g/mol. The minimum atomic E-state index is 0.553. The highest BCUT2D eigenvalue weighted by molar-refractivity contribution is 5.32. The molecule has 0 aliphatic rings. The highest BCUT2D eigenvalue weighted by Gasteiger charge is 2.05. The Bertz CT molecular complexity index is 232. The lowest BCUT2D eigenvalue weighted by molar-refractivity contribution is 0.311. The number of aromatic nitrogens is 2. The van der Waals surface area contributed by atoms with Gasteiger partial charge in [-0.3, -0.25) is 0 Å². The molecule has 0 aromatic carbocycles. The van der Waals surface area contributed by atoms with Crippen molar-refractivity contribution in [1.29, 1.82) is 0 Å². The third-order valence-corrected chi connectivity index (χ3v) is 1.38. The molecule has 0 fully saturated rings. The lowest BCUT2D eigenvalue weighted by Crippen LogP contribution is -1.96. The van der Waals surface area contributed by atoms with Gasteiger partial charge in [-0.25, -0.2) is 15.9 Å². The van der Waals surface area contributed by atoms with Gasteiger partial charge < -0.3 is 14.7 Å². The molecule has 0 atom stereocenters. The number of hydrogen-bond donors (Lipinski definition) is 2. The summed E-state index contributed by atoms with van der Waals surface area (Å²) in [4.78, 5) is 7.78. The highest BCUT2D eigenvalue weighted by Crippen LogP contribution is 2.20. The third-order valence-electron chi connectivity index (χ3n) is 1.38. The molecule has 1 aromatic heterocycles. The first kappa shape index (κ1) is 11.6. The fraction of sp³-hybridized carbons (Fsp3) is 0.429. The number of nitrogens with zero attached hydrogens (tertiary/aromatic N) is 2. The van der Waals surface area contributed by atoms with E-state index in [1.165, 1.54) is 6.33 Å². The standard InChI is InChI=1S/C7H10N2O2.H3NO/c1-5-6(10-2)8-4-9-7(5)11-3;1-2/h4H,1-3H3;2H,1H2. The predicted octanol–water partition coefficient (Wildman–Crippen LogP) is 0.137. The molecule has 0 spiro atoms. The second-order valence-corrected chi connectivity index (χ2v) is 2.02. The third kappa shape index (κ3) is 2.85. The van der Waals surface area contributed by atoms with Gasteiger partial charge in [0.2, 0.25) is 11.8 Å². The van der Waals surface area contributed by atoms with Crippen LogP contribution in [0, 0.1) is 6.92 Å². The van der Waals surface area contributed by atoms with E-state index in [1.807, 2.05) is 6.92 Å². The number of hydrogen-bond acceptors (Lipinski definition) is 6. The summed E-state index contributed by atoms with van der Waals surface area (Å²) in [6.07, 6.45) is 1.41. The molecule has 0 aliphatic carbocycles.